The fourth-order valence-electron chi connectivity index (χ4n) is 1.10. The predicted molar refractivity (Wildman–Crippen MR) is 65.6 cm³/mol. The molecule has 0 radical (unpaired) electrons. The van der Waals surface area contributed by atoms with Crippen LogP contribution in [0.2, 0.25) is 0 Å². The Hall–Kier alpha value is -0.430. The van der Waals surface area contributed by atoms with Crippen molar-refractivity contribution >= 4 is 26.0 Å². The first kappa shape index (κ1) is 13.6. The molecular formula is C10H14BrNO3S. The number of aliphatic hydroxyl groups is 1. The summed E-state index contributed by atoms with van der Waals surface area (Å²) in [5, 5.41) is 9.02. The van der Waals surface area contributed by atoms with E-state index >= 15 is 0 Å². The second-order valence-corrected chi connectivity index (χ2v) is 6.17. The van der Waals surface area contributed by atoms with Crippen LogP contribution in [0.4, 0.5) is 0 Å². The van der Waals surface area contributed by atoms with E-state index in [1.54, 1.807) is 19.1 Å². The minimum atomic E-state index is -3.45. The molecule has 0 heterocycles. The van der Waals surface area contributed by atoms with Crippen molar-refractivity contribution in [2.45, 2.75) is 24.3 Å². The molecule has 0 aliphatic carbocycles. The predicted octanol–water partition coefficient (Wildman–Crippen LogP) is 1.50. The standard InChI is InChI=1S/C10H14BrNO3S/c1-8(13)6-7-12-16(14,15)10-4-2-9(11)3-5-10/h2-5,8,12-13H,6-7H2,1H3/t8-/m1/s1. The van der Waals surface area contributed by atoms with Crippen molar-refractivity contribution in [3.05, 3.63) is 28.7 Å². The molecular weight excluding hydrogens is 294 g/mol. The third kappa shape index (κ3) is 4.21. The monoisotopic (exact) mass is 307 g/mol. The Morgan fingerprint density at radius 1 is 1.38 bits per heavy atom. The third-order valence-electron chi connectivity index (χ3n) is 1.98. The molecule has 1 aromatic carbocycles. The van der Waals surface area contributed by atoms with Crippen molar-refractivity contribution in [1.29, 1.82) is 0 Å². The van der Waals surface area contributed by atoms with E-state index in [1.807, 2.05) is 0 Å². The lowest BCUT2D eigenvalue weighted by atomic mass is 10.3. The van der Waals surface area contributed by atoms with Gasteiger partial charge >= 0.3 is 0 Å². The summed E-state index contributed by atoms with van der Waals surface area (Å²) in [5.74, 6) is 0. The summed E-state index contributed by atoms with van der Waals surface area (Å²) in [7, 11) is -3.45. The molecule has 0 unspecified atom stereocenters. The lowest BCUT2D eigenvalue weighted by Crippen LogP contribution is -2.26. The number of benzene rings is 1. The maximum absolute atomic E-state index is 11.7. The van der Waals surface area contributed by atoms with Crippen LogP contribution in [0.1, 0.15) is 13.3 Å². The van der Waals surface area contributed by atoms with E-state index in [2.05, 4.69) is 20.7 Å². The second kappa shape index (κ2) is 5.77. The Labute approximate surface area is 104 Å². The van der Waals surface area contributed by atoms with Gasteiger partial charge in [0, 0.05) is 11.0 Å². The smallest absolute Gasteiger partial charge is 0.240 e. The van der Waals surface area contributed by atoms with E-state index in [4.69, 9.17) is 5.11 Å². The molecule has 1 atom stereocenters. The summed E-state index contributed by atoms with van der Waals surface area (Å²) in [6.07, 6.45) is -0.108. The lowest BCUT2D eigenvalue weighted by molar-refractivity contribution is 0.186. The van der Waals surface area contributed by atoms with Crippen LogP contribution in [0.25, 0.3) is 0 Å². The number of rotatable bonds is 5. The zero-order valence-electron chi connectivity index (χ0n) is 8.85. The van der Waals surface area contributed by atoms with E-state index in [-0.39, 0.29) is 11.4 Å². The SMILES string of the molecule is C[C@@H](O)CCNS(=O)(=O)c1ccc(Br)cc1. The van der Waals surface area contributed by atoms with Crippen molar-refractivity contribution in [3.63, 3.8) is 0 Å². The number of hydrogen-bond acceptors (Lipinski definition) is 3. The van der Waals surface area contributed by atoms with Gasteiger partial charge in [0.05, 0.1) is 11.0 Å². The topological polar surface area (TPSA) is 66.4 Å². The van der Waals surface area contributed by atoms with Gasteiger partial charge in [-0.15, -0.1) is 0 Å². The molecule has 2 N–H and O–H groups in total. The molecule has 16 heavy (non-hydrogen) atoms. The average molecular weight is 308 g/mol. The molecule has 0 spiro atoms. The summed E-state index contributed by atoms with van der Waals surface area (Å²) >= 11 is 3.24. The Bertz CT molecular complexity index is 428. The van der Waals surface area contributed by atoms with Crippen molar-refractivity contribution in [2.75, 3.05) is 6.54 Å². The van der Waals surface area contributed by atoms with Crippen LogP contribution < -0.4 is 4.72 Å². The second-order valence-electron chi connectivity index (χ2n) is 3.49. The highest BCUT2D eigenvalue weighted by Crippen LogP contribution is 2.14. The Kier molecular flexibility index (Phi) is 4.91. The molecule has 0 saturated heterocycles. The first-order valence-corrected chi connectivity index (χ1v) is 7.13. The van der Waals surface area contributed by atoms with Gasteiger partial charge in [-0.05, 0) is 37.6 Å². The summed E-state index contributed by atoms with van der Waals surface area (Å²) in [6, 6.07) is 6.38. The van der Waals surface area contributed by atoms with Gasteiger partial charge in [0.1, 0.15) is 0 Å². The molecule has 4 nitrogen and oxygen atoms in total. The summed E-state index contributed by atoms with van der Waals surface area (Å²) in [5.41, 5.74) is 0. The van der Waals surface area contributed by atoms with Crippen LogP contribution in [0.15, 0.2) is 33.6 Å². The zero-order valence-corrected chi connectivity index (χ0v) is 11.3. The van der Waals surface area contributed by atoms with E-state index in [0.29, 0.717) is 6.42 Å². The van der Waals surface area contributed by atoms with Crippen LogP contribution in [-0.4, -0.2) is 26.2 Å². The minimum absolute atomic E-state index is 0.223. The maximum Gasteiger partial charge on any atom is 0.240 e. The quantitative estimate of drug-likeness (QED) is 0.866. The normalized spacial score (nSPS) is 13.7. The molecule has 0 amide bonds. The third-order valence-corrected chi connectivity index (χ3v) is 3.98. The van der Waals surface area contributed by atoms with Crippen LogP contribution in [0, 0.1) is 0 Å². The highest BCUT2D eigenvalue weighted by molar-refractivity contribution is 9.10. The first-order chi connectivity index (χ1) is 7.42. The summed E-state index contributed by atoms with van der Waals surface area (Å²) in [6.45, 7) is 1.85. The van der Waals surface area contributed by atoms with Crippen molar-refractivity contribution in [1.82, 2.24) is 4.72 Å². The van der Waals surface area contributed by atoms with Crippen molar-refractivity contribution < 1.29 is 13.5 Å². The summed E-state index contributed by atoms with van der Waals surface area (Å²) < 4.78 is 26.7. The number of aliphatic hydroxyl groups excluding tert-OH is 1. The van der Waals surface area contributed by atoms with Crippen LogP contribution in [-0.2, 0) is 10.0 Å². The Balaban J connectivity index is 2.67. The van der Waals surface area contributed by atoms with Crippen LogP contribution in [0.3, 0.4) is 0 Å². The molecule has 0 fully saturated rings. The van der Waals surface area contributed by atoms with Gasteiger partial charge in [0.15, 0.2) is 0 Å². The van der Waals surface area contributed by atoms with E-state index in [0.717, 1.165) is 4.47 Å². The largest absolute Gasteiger partial charge is 0.393 e. The van der Waals surface area contributed by atoms with Gasteiger partial charge in [0.2, 0.25) is 10.0 Å². The van der Waals surface area contributed by atoms with Gasteiger partial charge < -0.3 is 5.11 Å². The number of sulfonamides is 1. The van der Waals surface area contributed by atoms with E-state index < -0.39 is 16.1 Å². The van der Waals surface area contributed by atoms with Gasteiger partial charge in [-0.3, -0.25) is 0 Å². The molecule has 0 aliphatic rings. The van der Waals surface area contributed by atoms with E-state index in [1.165, 1.54) is 12.1 Å². The van der Waals surface area contributed by atoms with Crippen molar-refractivity contribution in [2.24, 2.45) is 0 Å². The van der Waals surface area contributed by atoms with E-state index in [9.17, 15) is 8.42 Å². The fraction of sp³-hybridized carbons (Fsp3) is 0.400. The molecule has 0 bridgehead atoms. The first-order valence-electron chi connectivity index (χ1n) is 4.85. The van der Waals surface area contributed by atoms with Gasteiger partial charge in [-0.1, -0.05) is 15.9 Å². The molecule has 0 aromatic heterocycles. The number of halogens is 1. The molecule has 6 heteroatoms. The van der Waals surface area contributed by atoms with Gasteiger partial charge in [-0.2, -0.15) is 0 Å². The fourth-order valence-corrected chi connectivity index (χ4v) is 2.41. The molecule has 1 rings (SSSR count). The lowest BCUT2D eigenvalue weighted by Gasteiger charge is -2.07. The van der Waals surface area contributed by atoms with Gasteiger partial charge in [-0.25, -0.2) is 13.1 Å². The maximum atomic E-state index is 11.7. The molecule has 0 saturated carbocycles. The highest BCUT2D eigenvalue weighted by Gasteiger charge is 2.12. The number of nitrogens with one attached hydrogen (secondary N) is 1. The van der Waals surface area contributed by atoms with Gasteiger partial charge in [0.25, 0.3) is 0 Å². The zero-order chi connectivity index (χ0) is 12.2. The number of hydrogen-bond donors (Lipinski definition) is 2. The molecule has 0 aliphatic heterocycles. The highest BCUT2D eigenvalue weighted by atomic mass is 79.9. The Morgan fingerprint density at radius 2 is 1.94 bits per heavy atom. The minimum Gasteiger partial charge on any atom is -0.393 e. The van der Waals surface area contributed by atoms with Crippen LogP contribution in [0.5, 0.6) is 0 Å². The average Bonchev–Trinajstić information content (AvgIpc) is 2.17. The molecule has 90 valence electrons. The van der Waals surface area contributed by atoms with Crippen molar-refractivity contribution in [3.8, 4) is 0 Å². The van der Waals surface area contributed by atoms with Crippen LogP contribution >= 0.6 is 15.9 Å². The summed E-state index contributed by atoms with van der Waals surface area (Å²) in [4.78, 5) is 0.223. The molecule has 1 aromatic rings. The Morgan fingerprint density at radius 3 is 2.44 bits per heavy atom.